The third-order valence-electron chi connectivity index (χ3n) is 2.44. The highest BCUT2D eigenvalue weighted by atomic mass is 16.3. The third kappa shape index (κ3) is 4.58. The van der Waals surface area contributed by atoms with Gasteiger partial charge in [0.1, 0.15) is 0 Å². The van der Waals surface area contributed by atoms with Gasteiger partial charge in [0.05, 0.1) is 11.6 Å². The van der Waals surface area contributed by atoms with Crippen LogP contribution in [-0.4, -0.2) is 29.2 Å². The lowest BCUT2D eigenvalue weighted by Crippen LogP contribution is -2.51. The topological polar surface area (TPSA) is 75.4 Å². The molecule has 0 aromatic rings. The summed E-state index contributed by atoms with van der Waals surface area (Å²) < 4.78 is 0. The number of rotatable bonds is 5. The lowest BCUT2D eigenvalue weighted by atomic mass is 9.97. The van der Waals surface area contributed by atoms with Crippen molar-refractivity contribution in [3.63, 3.8) is 0 Å². The summed E-state index contributed by atoms with van der Waals surface area (Å²) in [5.74, 6) is 0.119. The van der Waals surface area contributed by atoms with Gasteiger partial charge >= 0.3 is 0 Å². The first kappa shape index (κ1) is 13.4. The maximum absolute atomic E-state index is 11.5. The second kappa shape index (κ2) is 5.32. The van der Waals surface area contributed by atoms with Crippen molar-refractivity contribution in [2.24, 2.45) is 11.7 Å². The quantitative estimate of drug-likeness (QED) is 0.598. The van der Waals surface area contributed by atoms with Crippen LogP contribution in [0.25, 0.3) is 0 Å². The zero-order valence-corrected chi connectivity index (χ0v) is 9.50. The van der Waals surface area contributed by atoms with Crippen molar-refractivity contribution in [2.75, 3.05) is 6.54 Å². The number of hydrogen-bond donors (Lipinski definition) is 3. The summed E-state index contributed by atoms with van der Waals surface area (Å²) in [5, 5.41) is 12.2. The lowest BCUT2D eigenvalue weighted by Gasteiger charge is -2.29. The molecule has 0 rings (SSSR count). The number of carbonyl (C=O) groups excluding carboxylic acids is 1. The Labute approximate surface area is 85.9 Å². The van der Waals surface area contributed by atoms with E-state index in [1.54, 1.807) is 20.8 Å². The van der Waals surface area contributed by atoms with E-state index in [2.05, 4.69) is 5.32 Å². The Morgan fingerprint density at radius 1 is 1.50 bits per heavy atom. The van der Waals surface area contributed by atoms with Crippen molar-refractivity contribution < 1.29 is 9.90 Å². The number of aliphatic hydroxyl groups is 1. The maximum Gasteiger partial charge on any atom is 0.220 e. The Balaban J connectivity index is 4.06. The van der Waals surface area contributed by atoms with Crippen LogP contribution >= 0.6 is 0 Å². The van der Waals surface area contributed by atoms with Gasteiger partial charge < -0.3 is 16.2 Å². The fraction of sp³-hybridized carbons (Fsp3) is 0.900. The fourth-order valence-electron chi connectivity index (χ4n) is 0.915. The molecule has 0 spiro atoms. The molecule has 0 fully saturated rings. The zero-order chi connectivity index (χ0) is 11.4. The van der Waals surface area contributed by atoms with E-state index < -0.39 is 11.6 Å². The smallest absolute Gasteiger partial charge is 0.220 e. The van der Waals surface area contributed by atoms with Gasteiger partial charge in [-0.3, -0.25) is 4.79 Å². The molecule has 0 heterocycles. The summed E-state index contributed by atoms with van der Waals surface area (Å²) in [6.07, 6.45) is -0.160. The van der Waals surface area contributed by atoms with Gasteiger partial charge in [-0.15, -0.1) is 0 Å². The van der Waals surface area contributed by atoms with Gasteiger partial charge in [-0.2, -0.15) is 0 Å². The van der Waals surface area contributed by atoms with Crippen LogP contribution in [-0.2, 0) is 4.79 Å². The monoisotopic (exact) mass is 202 g/mol. The molecule has 0 aliphatic heterocycles. The molecule has 0 aliphatic rings. The van der Waals surface area contributed by atoms with E-state index in [0.29, 0.717) is 13.0 Å². The Hall–Kier alpha value is -0.610. The van der Waals surface area contributed by atoms with Crippen molar-refractivity contribution >= 4 is 5.91 Å². The summed E-state index contributed by atoms with van der Waals surface area (Å²) >= 11 is 0. The van der Waals surface area contributed by atoms with Crippen LogP contribution in [0.3, 0.4) is 0 Å². The predicted octanol–water partition coefficient (Wildman–Crippen LogP) is 0.247. The second-order valence-electron chi connectivity index (χ2n) is 4.49. The normalized spacial score (nSPS) is 16.1. The molecule has 4 nitrogen and oxygen atoms in total. The van der Waals surface area contributed by atoms with Crippen LogP contribution in [0.1, 0.15) is 34.1 Å². The number of aliphatic hydroxyl groups excluding tert-OH is 1. The number of carbonyl (C=O) groups is 1. The first-order valence-electron chi connectivity index (χ1n) is 4.98. The minimum Gasteiger partial charge on any atom is -0.391 e. The Morgan fingerprint density at radius 3 is 2.36 bits per heavy atom. The van der Waals surface area contributed by atoms with Gasteiger partial charge in [0.15, 0.2) is 0 Å². The van der Waals surface area contributed by atoms with Crippen LogP contribution in [0.4, 0.5) is 0 Å². The molecule has 14 heavy (non-hydrogen) atoms. The summed E-state index contributed by atoms with van der Waals surface area (Å²) in [6, 6.07) is 0. The van der Waals surface area contributed by atoms with Crippen molar-refractivity contribution in [1.82, 2.24) is 5.32 Å². The molecule has 0 radical (unpaired) electrons. The number of amides is 1. The van der Waals surface area contributed by atoms with E-state index in [1.165, 1.54) is 0 Å². The maximum atomic E-state index is 11.5. The highest BCUT2D eigenvalue weighted by Crippen LogP contribution is 2.09. The van der Waals surface area contributed by atoms with Crippen LogP contribution in [0.5, 0.6) is 0 Å². The third-order valence-corrected chi connectivity index (χ3v) is 2.44. The number of nitrogens with two attached hydrogens (primary N) is 1. The van der Waals surface area contributed by atoms with E-state index in [0.717, 1.165) is 0 Å². The molecular weight excluding hydrogens is 180 g/mol. The van der Waals surface area contributed by atoms with Crippen molar-refractivity contribution in [2.45, 2.75) is 45.8 Å². The minimum absolute atomic E-state index is 0.0612. The second-order valence-corrected chi connectivity index (χ2v) is 4.49. The first-order chi connectivity index (χ1) is 6.29. The molecule has 0 saturated heterocycles. The molecule has 0 bridgehead atoms. The molecule has 1 amide bonds. The summed E-state index contributed by atoms with van der Waals surface area (Å²) in [4.78, 5) is 11.5. The van der Waals surface area contributed by atoms with Gasteiger partial charge in [0.25, 0.3) is 0 Å². The molecule has 0 saturated carbocycles. The van der Waals surface area contributed by atoms with Crippen molar-refractivity contribution in [1.29, 1.82) is 0 Å². The zero-order valence-electron chi connectivity index (χ0n) is 9.50. The predicted molar refractivity (Wildman–Crippen MR) is 56.7 cm³/mol. The number of nitrogens with one attached hydrogen (secondary N) is 1. The van der Waals surface area contributed by atoms with Crippen LogP contribution in [0.2, 0.25) is 0 Å². The Bertz CT molecular complexity index is 191. The molecule has 0 aromatic carbocycles. The molecule has 4 heteroatoms. The van der Waals surface area contributed by atoms with Crippen molar-refractivity contribution in [3.05, 3.63) is 0 Å². The Morgan fingerprint density at radius 2 is 2.00 bits per heavy atom. The van der Waals surface area contributed by atoms with Crippen LogP contribution in [0.15, 0.2) is 0 Å². The minimum atomic E-state index is -0.578. The van der Waals surface area contributed by atoms with Gasteiger partial charge in [0.2, 0.25) is 5.91 Å². The summed E-state index contributed by atoms with van der Waals surface area (Å²) in [5.41, 5.74) is 4.84. The van der Waals surface area contributed by atoms with Crippen LogP contribution < -0.4 is 11.1 Å². The summed E-state index contributed by atoms with van der Waals surface area (Å²) in [7, 11) is 0. The van der Waals surface area contributed by atoms with Gasteiger partial charge in [-0.1, -0.05) is 6.92 Å². The van der Waals surface area contributed by atoms with E-state index in [9.17, 15) is 9.90 Å². The highest BCUT2D eigenvalue weighted by Gasteiger charge is 2.26. The molecule has 2 unspecified atom stereocenters. The van der Waals surface area contributed by atoms with Gasteiger partial charge in [-0.25, -0.2) is 0 Å². The standard InChI is InChI=1S/C10H22N2O2/c1-7(6-11)5-9(14)12-10(3,4)8(2)13/h7-8,13H,5-6,11H2,1-4H3,(H,12,14). The van der Waals surface area contributed by atoms with E-state index in [4.69, 9.17) is 5.73 Å². The largest absolute Gasteiger partial charge is 0.391 e. The van der Waals surface area contributed by atoms with E-state index in [1.807, 2.05) is 6.92 Å². The van der Waals surface area contributed by atoms with E-state index in [-0.39, 0.29) is 11.8 Å². The molecule has 0 aliphatic carbocycles. The molecule has 2 atom stereocenters. The Kier molecular flexibility index (Phi) is 5.08. The van der Waals surface area contributed by atoms with Crippen LogP contribution in [0, 0.1) is 5.92 Å². The number of hydrogen-bond acceptors (Lipinski definition) is 3. The molecule has 0 aromatic heterocycles. The molecule has 4 N–H and O–H groups in total. The average molecular weight is 202 g/mol. The molecule has 84 valence electrons. The fourth-order valence-corrected chi connectivity index (χ4v) is 0.915. The SMILES string of the molecule is CC(CN)CC(=O)NC(C)(C)C(C)O. The highest BCUT2D eigenvalue weighted by molar-refractivity contribution is 5.77. The van der Waals surface area contributed by atoms with E-state index >= 15 is 0 Å². The van der Waals surface area contributed by atoms with Gasteiger partial charge in [0, 0.05) is 6.42 Å². The summed E-state index contributed by atoms with van der Waals surface area (Å²) in [6.45, 7) is 7.68. The average Bonchev–Trinajstić information content (AvgIpc) is 2.02. The van der Waals surface area contributed by atoms with Gasteiger partial charge in [-0.05, 0) is 33.2 Å². The first-order valence-corrected chi connectivity index (χ1v) is 4.98. The lowest BCUT2D eigenvalue weighted by molar-refractivity contribution is -0.124. The molecular formula is C10H22N2O2. The van der Waals surface area contributed by atoms with Crippen molar-refractivity contribution in [3.8, 4) is 0 Å².